The second kappa shape index (κ2) is 18.4. The largest absolute Gasteiger partial charge is 0.491 e. The molecule has 7 heteroatoms. The lowest BCUT2D eigenvalue weighted by Crippen LogP contribution is -2.12. The average Bonchev–Trinajstić information content (AvgIpc) is 2.98. The Labute approximate surface area is 237 Å². The lowest BCUT2D eigenvalue weighted by atomic mass is 9.99. The molecule has 0 N–H and O–H groups in total. The molecule has 0 aliphatic rings. The molecule has 0 aliphatic heterocycles. The van der Waals surface area contributed by atoms with E-state index in [1.807, 2.05) is 36.4 Å². The number of halogens is 2. The molecule has 0 aliphatic carbocycles. The fourth-order valence-corrected chi connectivity index (χ4v) is 4.20. The number of hydrogen-bond acceptors (Lipinski definition) is 5. The van der Waals surface area contributed by atoms with Gasteiger partial charge in [0.25, 0.3) is 0 Å². The second-order valence-electron chi connectivity index (χ2n) is 9.52. The third kappa shape index (κ3) is 10.5. The summed E-state index contributed by atoms with van der Waals surface area (Å²) < 4.78 is 56.5. The molecule has 40 heavy (non-hydrogen) atoms. The third-order valence-electron chi connectivity index (χ3n) is 6.49. The summed E-state index contributed by atoms with van der Waals surface area (Å²) in [6.07, 6.45) is 6.64. The maximum Gasteiger partial charge on any atom is 0.201 e. The molecular weight excluding hydrogens is 514 g/mol. The molecular formula is C33H42F2O5. The maximum absolute atomic E-state index is 14.9. The molecule has 0 heterocycles. The minimum Gasteiger partial charge on any atom is -0.491 e. The van der Waals surface area contributed by atoms with Crippen LogP contribution in [0.5, 0.6) is 11.5 Å². The molecule has 0 spiro atoms. The van der Waals surface area contributed by atoms with Gasteiger partial charge in [-0.05, 0) is 47.4 Å². The van der Waals surface area contributed by atoms with E-state index in [9.17, 15) is 8.78 Å². The second-order valence-corrected chi connectivity index (χ2v) is 9.52. The van der Waals surface area contributed by atoms with Crippen LogP contribution in [0.15, 0.2) is 60.7 Å². The highest BCUT2D eigenvalue weighted by Gasteiger charge is 2.16. The predicted molar refractivity (Wildman–Crippen MR) is 155 cm³/mol. The first kappa shape index (κ1) is 31.5. The molecule has 0 radical (unpaired) electrons. The Morgan fingerprint density at radius 1 is 0.525 bits per heavy atom. The van der Waals surface area contributed by atoms with Crippen LogP contribution in [0.4, 0.5) is 8.78 Å². The SMILES string of the molecule is CCCCCCCCOc1ccc(-c2ccc(-c3ccc(OCCOCCOCCOC)cc3)cc2)c(F)c1F. The van der Waals surface area contributed by atoms with Crippen molar-refractivity contribution in [3.8, 4) is 33.8 Å². The van der Waals surface area contributed by atoms with Gasteiger partial charge in [0, 0.05) is 12.7 Å². The van der Waals surface area contributed by atoms with Gasteiger partial charge in [-0.25, -0.2) is 4.39 Å². The lowest BCUT2D eigenvalue weighted by Gasteiger charge is -2.11. The Kier molecular flexibility index (Phi) is 14.5. The molecule has 0 aromatic heterocycles. The Bertz CT molecular complexity index is 1100. The van der Waals surface area contributed by atoms with Gasteiger partial charge in [0.2, 0.25) is 5.82 Å². The minimum atomic E-state index is -0.941. The van der Waals surface area contributed by atoms with Crippen molar-refractivity contribution in [2.24, 2.45) is 0 Å². The van der Waals surface area contributed by atoms with Gasteiger partial charge < -0.3 is 23.7 Å². The van der Waals surface area contributed by atoms with Crippen molar-refractivity contribution in [3.63, 3.8) is 0 Å². The Balaban J connectivity index is 1.46. The van der Waals surface area contributed by atoms with Crippen molar-refractivity contribution in [2.75, 3.05) is 53.4 Å². The van der Waals surface area contributed by atoms with Crippen LogP contribution < -0.4 is 9.47 Å². The molecule has 0 amide bonds. The summed E-state index contributed by atoms with van der Waals surface area (Å²) in [7, 11) is 1.64. The van der Waals surface area contributed by atoms with Crippen LogP contribution in [0.1, 0.15) is 45.4 Å². The van der Waals surface area contributed by atoms with E-state index in [2.05, 4.69) is 6.92 Å². The molecule has 0 saturated carbocycles. The van der Waals surface area contributed by atoms with Crippen molar-refractivity contribution in [3.05, 3.63) is 72.3 Å². The van der Waals surface area contributed by atoms with Crippen LogP contribution >= 0.6 is 0 Å². The molecule has 3 rings (SSSR count). The van der Waals surface area contributed by atoms with Gasteiger partial charge in [-0.3, -0.25) is 0 Å². The topological polar surface area (TPSA) is 46.2 Å². The zero-order valence-electron chi connectivity index (χ0n) is 23.8. The van der Waals surface area contributed by atoms with E-state index < -0.39 is 11.6 Å². The van der Waals surface area contributed by atoms with Crippen LogP contribution in [0.25, 0.3) is 22.3 Å². The number of hydrogen-bond donors (Lipinski definition) is 0. The van der Waals surface area contributed by atoms with Crippen molar-refractivity contribution in [2.45, 2.75) is 45.4 Å². The monoisotopic (exact) mass is 556 g/mol. The Morgan fingerprint density at radius 3 is 1.77 bits per heavy atom. The summed E-state index contributed by atoms with van der Waals surface area (Å²) >= 11 is 0. The molecule has 0 saturated heterocycles. The highest BCUT2D eigenvalue weighted by Crippen LogP contribution is 2.32. The molecule has 3 aromatic carbocycles. The van der Waals surface area contributed by atoms with Gasteiger partial charge >= 0.3 is 0 Å². The van der Waals surface area contributed by atoms with E-state index in [1.54, 1.807) is 25.3 Å². The summed E-state index contributed by atoms with van der Waals surface area (Å²) in [5.41, 5.74) is 2.77. The van der Waals surface area contributed by atoms with Crippen LogP contribution in [0, 0.1) is 11.6 Å². The summed E-state index contributed by atoms with van der Waals surface area (Å²) in [4.78, 5) is 0. The molecule has 3 aromatic rings. The molecule has 0 bridgehead atoms. The van der Waals surface area contributed by atoms with Gasteiger partial charge in [0.15, 0.2) is 11.6 Å². The molecule has 0 unspecified atom stereocenters. The zero-order chi connectivity index (χ0) is 28.4. The predicted octanol–water partition coefficient (Wildman–Crippen LogP) is 8.10. The van der Waals surface area contributed by atoms with Gasteiger partial charge in [0.05, 0.1) is 39.6 Å². The smallest absolute Gasteiger partial charge is 0.201 e. The number of unbranched alkanes of at least 4 members (excludes halogenated alkanes) is 5. The van der Waals surface area contributed by atoms with Crippen LogP contribution in [0.3, 0.4) is 0 Å². The fraction of sp³-hybridized carbons (Fsp3) is 0.455. The molecule has 5 nitrogen and oxygen atoms in total. The maximum atomic E-state index is 14.9. The average molecular weight is 557 g/mol. The Morgan fingerprint density at radius 2 is 1.10 bits per heavy atom. The van der Waals surface area contributed by atoms with E-state index in [-0.39, 0.29) is 11.3 Å². The quantitative estimate of drug-likeness (QED) is 0.132. The van der Waals surface area contributed by atoms with Crippen molar-refractivity contribution in [1.82, 2.24) is 0 Å². The summed E-state index contributed by atoms with van der Waals surface area (Å²) in [5.74, 6) is -1.12. The minimum absolute atomic E-state index is 0.0349. The first-order valence-electron chi connectivity index (χ1n) is 14.2. The van der Waals surface area contributed by atoms with Gasteiger partial charge in [0.1, 0.15) is 12.4 Å². The van der Waals surface area contributed by atoms with E-state index in [0.717, 1.165) is 36.1 Å². The highest BCUT2D eigenvalue weighted by atomic mass is 19.2. The lowest BCUT2D eigenvalue weighted by molar-refractivity contribution is 0.0180. The van der Waals surface area contributed by atoms with Crippen molar-refractivity contribution in [1.29, 1.82) is 0 Å². The summed E-state index contributed by atoms with van der Waals surface area (Å²) in [6, 6.07) is 18.2. The molecule has 0 atom stereocenters. The van der Waals surface area contributed by atoms with Gasteiger partial charge in [-0.1, -0.05) is 75.4 Å². The van der Waals surface area contributed by atoms with E-state index in [1.165, 1.54) is 25.3 Å². The standard InChI is InChI=1S/C33H42F2O5/c1-3-4-5-6-7-8-19-40-31-18-17-30(32(34)33(31)35)28-11-9-26(10-12-28)27-13-15-29(16-14-27)39-25-24-38-23-22-37-21-20-36-2/h9-18H,3-8,19-25H2,1-2H3. The van der Waals surface area contributed by atoms with Gasteiger partial charge in [-0.2, -0.15) is 4.39 Å². The zero-order valence-corrected chi connectivity index (χ0v) is 23.8. The highest BCUT2D eigenvalue weighted by molar-refractivity contribution is 5.71. The first-order chi connectivity index (χ1) is 19.6. The number of benzene rings is 3. The summed E-state index contributed by atoms with van der Waals surface area (Å²) in [5, 5.41) is 0. The molecule has 0 fully saturated rings. The molecule has 218 valence electrons. The third-order valence-corrected chi connectivity index (χ3v) is 6.49. The number of rotatable bonds is 20. The normalized spacial score (nSPS) is 11.1. The number of ether oxygens (including phenoxy) is 5. The Hall–Kier alpha value is -3.00. The van der Waals surface area contributed by atoms with Crippen molar-refractivity contribution < 1.29 is 32.5 Å². The first-order valence-corrected chi connectivity index (χ1v) is 14.2. The van der Waals surface area contributed by atoms with E-state index in [0.29, 0.717) is 51.8 Å². The van der Waals surface area contributed by atoms with Crippen LogP contribution in [-0.2, 0) is 14.2 Å². The number of methoxy groups -OCH3 is 1. The van der Waals surface area contributed by atoms with Gasteiger partial charge in [-0.15, -0.1) is 0 Å². The van der Waals surface area contributed by atoms with Crippen LogP contribution in [0.2, 0.25) is 0 Å². The van der Waals surface area contributed by atoms with Crippen LogP contribution in [-0.4, -0.2) is 53.4 Å². The van der Waals surface area contributed by atoms with E-state index in [4.69, 9.17) is 23.7 Å². The fourth-order valence-electron chi connectivity index (χ4n) is 4.20. The van der Waals surface area contributed by atoms with Crippen molar-refractivity contribution >= 4 is 0 Å². The van der Waals surface area contributed by atoms with E-state index >= 15 is 0 Å². The summed E-state index contributed by atoms with van der Waals surface area (Å²) in [6.45, 7) is 5.65.